The van der Waals surface area contributed by atoms with E-state index >= 15 is 0 Å². The summed E-state index contributed by atoms with van der Waals surface area (Å²) < 4.78 is 28.1. The topological polar surface area (TPSA) is 94.2 Å². The average Bonchev–Trinajstić information content (AvgIpc) is 2.72. The maximum atomic E-state index is 13.8. The Hall–Kier alpha value is -3.46. The lowest BCUT2D eigenvalue weighted by Gasteiger charge is -2.18. The SMILES string of the molecule is COC(=O)c1ccc(C(=O)OC)c(NC(=O)CN(C)Cc2ccc(OC)c(F)c2)c1. The van der Waals surface area contributed by atoms with Gasteiger partial charge in [0.2, 0.25) is 5.91 Å². The number of halogens is 1. The molecule has 0 spiro atoms. The molecule has 0 fully saturated rings. The molecule has 2 aromatic rings. The zero-order valence-corrected chi connectivity index (χ0v) is 17.2. The van der Waals surface area contributed by atoms with Crippen molar-refractivity contribution in [1.29, 1.82) is 0 Å². The first-order valence-electron chi connectivity index (χ1n) is 8.90. The molecule has 0 aliphatic carbocycles. The van der Waals surface area contributed by atoms with Gasteiger partial charge in [0.15, 0.2) is 11.6 Å². The summed E-state index contributed by atoms with van der Waals surface area (Å²) in [7, 11) is 5.51. The van der Waals surface area contributed by atoms with E-state index in [0.717, 1.165) is 0 Å². The highest BCUT2D eigenvalue weighted by molar-refractivity contribution is 6.03. The first-order valence-corrected chi connectivity index (χ1v) is 8.90. The van der Waals surface area contributed by atoms with Gasteiger partial charge in [0.1, 0.15) is 0 Å². The second kappa shape index (κ2) is 10.4. The quantitative estimate of drug-likeness (QED) is 0.658. The van der Waals surface area contributed by atoms with Crippen molar-refractivity contribution in [3.63, 3.8) is 0 Å². The van der Waals surface area contributed by atoms with Crippen molar-refractivity contribution < 1.29 is 33.0 Å². The number of esters is 2. The number of amides is 1. The summed E-state index contributed by atoms with van der Waals surface area (Å²) in [6.45, 7) is 0.261. The lowest BCUT2D eigenvalue weighted by Crippen LogP contribution is -2.30. The van der Waals surface area contributed by atoms with Gasteiger partial charge in [0, 0.05) is 6.54 Å². The lowest BCUT2D eigenvalue weighted by molar-refractivity contribution is -0.117. The number of nitrogens with one attached hydrogen (secondary N) is 1. The van der Waals surface area contributed by atoms with Crippen LogP contribution >= 0.6 is 0 Å². The van der Waals surface area contributed by atoms with Gasteiger partial charge < -0.3 is 19.5 Å². The van der Waals surface area contributed by atoms with Crippen LogP contribution in [-0.4, -0.2) is 57.7 Å². The maximum absolute atomic E-state index is 13.8. The summed E-state index contributed by atoms with van der Waals surface area (Å²) in [4.78, 5) is 37.9. The number of likely N-dealkylation sites (N-methyl/N-ethyl adjacent to an activating group) is 1. The number of benzene rings is 2. The number of carbonyl (C=O) groups is 3. The molecule has 1 N–H and O–H groups in total. The smallest absolute Gasteiger partial charge is 0.339 e. The normalized spacial score (nSPS) is 10.5. The van der Waals surface area contributed by atoms with Gasteiger partial charge in [-0.3, -0.25) is 9.69 Å². The number of carbonyl (C=O) groups excluding carboxylic acids is 3. The average molecular weight is 418 g/mol. The predicted octanol–water partition coefficient (Wildman–Crippen LogP) is 2.48. The van der Waals surface area contributed by atoms with E-state index in [1.807, 2.05) is 0 Å². The standard InChI is InChI=1S/C21H23FN2O6/c1-24(11-13-5-8-18(28-2)16(22)9-13)12-19(25)23-17-10-14(20(26)29-3)6-7-15(17)21(27)30-4/h5-10H,11-12H2,1-4H3,(H,23,25). The second-order valence-corrected chi connectivity index (χ2v) is 6.43. The molecule has 0 atom stereocenters. The Bertz CT molecular complexity index is 947. The van der Waals surface area contributed by atoms with E-state index in [-0.39, 0.29) is 29.1 Å². The number of nitrogens with zero attached hydrogens (tertiary/aromatic N) is 1. The zero-order valence-electron chi connectivity index (χ0n) is 17.2. The zero-order chi connectivity index (χ0) is 22.3. The van der Waals surface area contributed by atoms with E-state index in [0.29, 0.717) is 12.1 Å². The number of anilines is 1. The van der Waals surface area contributed by atoms with Crippen LogP contribution in [0.25, 0.3) is 0 Å². The Kier molecular flexibility index (Phi) is 7.88. The van der Waals surface area contributed by atoms with Crippen molar-refractivity contribution in [2.24, 2.45) is 0 Å². The molecular formula is C21H23FN2O6. The molecule has 0 unspecified atom stereocenters. The molecule has 2 aromatic carbocycles. The summed E-state index contributed by atoms with van der Waals surface area (Å²) in [5.74, 6) is -2.06. The summed E-state index contributed by atoms with van der Waals surface area (Å²) in [6.07, 6.45) is 0. The minimum atomic E-state index is -0.663. The molecule has 160 valence electrons. The molecule has 0 radical (unpaired) electrons. The maximum Gasteiger partial charge on any atom is 0.339 e. The van der Waals surface area contributed by atoms with Crippen molar-refractivity contribution in [2.75, 3.05) is 40.2 Å². The monoisotopic (exact) mass is 418 g/mol. The molecule has 0 aromatic heterocycles. The number of rotatable bonds is 8. The molecule has 0 aliphatic rings. The fraction of sp³-hybridized carbons (Fsp3) is 0.286. The fourth-order valence-electron chi connectivity index (χ4n) is 2.79. The van der Waals surface area contributed by atoms with E-state index in [1.54, 1.807) is 18.0 Å². The molecular weight excluding hydrogens is 395 g/mol. The van der Waals surface area contributed by atoms with E-state index in [4.69, 9.17) is 9.47 Å². The van der Waals surface area contributed by atoms with Crippen molar-refractivity contribution >= 4 is 23.5 Å². The molecule has 30 heavy (non-hydrogen) atoms. The molecule has 0 heterocycles. The number of methoxy groups -OCH3 is 3. The highest BCUT2D eigenvalue weighted by Gasteiger charge is 2.18. The van der Waals surface area contributed by atoms with E-state index in [2.05, 4.69) is 10.1 Å². The highest BCUT2D eigenvalue weighted by Crippen LogP contribution is 2.21. The van der Waals surface area contributed by atoms with E-state index in [9.17, 15) is 18.8 Å². The van der Waals surface area contributed by atoms with Crippen molar-refractivity contribution in [3.05, 3.63) is 58.9 Å². The predicted molar refractivity (Wildman–Crippen MR) is 107 cm³/mol. The van der Waals surface area contributed by atoms with Gasteiger partial charge in [-0.15, -0.1) is 0 Å². The second-order valence-electron chi connectivity index (χ2n) is 6.43. The highest BCUT2D eigenvalue weighted by atomic mass is 19.1. The minimum absolute atomic E-state index is 0.0449. The van der Waals surface area contributed by atoms with Crippen molar-refractivity contribution in [2.45, 2.75) is 6.54 Å². The van der Waals surface area contributed by atoms with Gasteiger partial charge in [-0.2, -0.15) is 0 Å². The first kappa shape index (κ1) is 22.8. The number of hydrogen-bond donors (Lipinski definition) is 1. The van der Waals surface area contributed by atoms with Gasteiger partial charge in [-0.1, -0.05) is 6.07 Å². The summed E-state index contributed by atoms with van der Waals surface area (Å²) in [6, 6.07) is 8.66. The fourth-order valence-corrected chi connectivity index (χ4v) is 2.79. The molecule has 0 aliphatic heterocycles. The Morgan fingerprint density at radius 2 is 1.70 bits per heavy atom. The molecule has 0 saturated heterocycles. The van der Waals surface area contributed by atoms with Crippen LogP contribution in [0.15, 0.2) is 36.4 Å². The van der Waals surface area contributed by atoms with E-state index in [1.165, 1.54) is 51.7 Å². The molecule has 2 rings (SSSR count). The van der Waals surface area contributed by atoms with Crippen LogP contribution in [0.1, 0.15) is 26.3 Å². The number of hydrogen-bond acceptors (Lipinski definition) is 7. The molecule has 0 saturated carbocycles. The minimum Gasteiger partial charge on any atom is -0.494 e. The Labute approximate surface area is 173 Å². The Balaban J connectivity index is 2.11. The summed E-state index contributed by atoms with van der Waals surface area (Å²) in [5.41, 5.74) is 1.05. The van der Waals surface area contributed by atoms with Gasteiger partial charge in [-0.25, -0.2) is 14.0 Å². The summed E-state index contributed by atoms with van der Waals surface area (Å²) >= 11 is 0. The molecule has 9 heteroatoms. The van der Waals surface area contributed by atoms with Gasteiger partial charge in [0.25, 0.3) is 0 Å². The largest absolute Gasteiger partial charge is 0.494 e. The van der Waals surface area contributed by atoms with Gasteiger partial charge >= 0.3 is 11.9 Å². The van der Waals surface area contributed by atoms with Crippen LogP contribution in [0, 0.1) is 5.82 Å². The van der Waals surface area contributed by atoms with E-state index < -0.39 is 23.7 Å². The van der Waals surface area contributed by atoms with Crippen molar-refractivity contribution in [1.82, 2.24) is 4.90 Å². The lowest BCUT2D eigenvalue weighted by atomic mass is 10.1. The number of ether oxygens (including phenoxy) is 3. The Morgan fingerprint density at radius 3 is 2.30 bits per heavy atom. The van der Waals surface area contributed by atoms with Gasteiger partial charge in [0.05, 0.1) is 44.7 Å². The van der Waals surface area contributed by atoms with Crippen LogP contribution in [0.4, 0.5) is 10.1 Å². The van der Waals surface area contributed by atoms with Gasteiger partial charge in [-0.05, 0) is 42.9 Å². The molecule has 1 amide bonds. The van der Waals surface area contributed by atoms with Crippen LogP contribution in [0.3, 0.4) is 0 Å². The van der Waals surface area contributed by atoms with Crippen molar-refractivity contribution in [3.8, 4) is 5.75 Å². The van der Waals surface area contributed by atoms with Crippen LogP contribution in [-0.2, 0) is 20.8 Å². The third-order valence-electron chi connectivity index (χ3n) is 4.20. The third kappa shape index (κ3) is 5.77. The van der Waals surface area contributed by atoms with Crippen LogP contribution in [0.5, 0.6) is 5.75 Å². The Morgan fingerprint density at radius 1 is 1.00 bits per heavy atom. The third-order valence-corrected chi connectivity index (χ3v) is 4.20. The van der Waals surface area contributed by atoms with Crippen LogP contribution < -0.4 is 10.1 Å². The molecule has 8 nitrogen and oxygen atoms in total. The van der Waals surface area contributed by atoms with Crippen LogP contribution in [0.2, 0.25) is 0 Å². The summed E-state index contributed by atoms with van der Waals surface area (Å²) in [5, 5.41) is 2.61. The molecule has 0 bridgehead atoms. The first-order chi connectivity index (χ1) is 14.3.